The highest BCUT2D eigenvalue weighted by atomic mass is 16.6. The molecule has 98 valence electrons. The van der Waals surface area contributed by atoms with Gasteiger partial charge in [0.2, 0.25) is 0 Å². The Hall–Kier alpha value is -0.830. The van der Waals surface area contributed by atoms with Crippen LogP contribution in [0.15, 0.2) is 12.2 Å². The third-order valence-corrected chi connectivity index (χ3v) is 2.99. The van der Waals surface area contributed by atoms with Crippen LogP contribution in [0, 0.1) is 5.92 Å². The molecule has 0 amide bonds. The molecule has 1 fully saturated rings. The Morgan fingerprint density at radius 2 is 2.12 bits per heavy atom. The highest BCUT2D eigenvalue weighted by Crippen LogP contribution is 2.26. The Morgan fingerprint density at radius 3 is 2.59 bits per heavy atom. The fraction of sp³-hybridized carbons (Fsp3) is 0.786. The molecule has 0 spiro atoms. The number of nitrogens with zero attached hydrogens (tertiary/aromatic N) is 1. The standard InChI is InChI=1S/C14H25NO2/c1-6-8-11-9-12(15(7-2)10-11)13(16)17-14(3,4)5/h6,8,11-12H,7,9-10H2,1-5H3/t11-,12-/m1/s1. The number of likely N-dealkylation sites (N-methyl/N-ethyl adjacent to an activating group) is 1. The van der Waals surface area contributed by atoms with Gasteiger partial charge in [-0.15, -0.1) is 0 Å². The van der Waals surface area contributed by atoms with E-state index in [1.165, 1.54) is 0 Å². The summed E-state index contributed by atoms with van der Waals surface area (Å²) >= 11 is 0. The van der Waals surface area contributed by atoms with Crippen molar-refractivity contribution in [3.63, 3.8) is 0 Å². The maximum atomic E-state index is 12.1. The summed E-state index contributed by atoms with van der Waals surface area (Å²) in [6.45, 7) is 11.7. The van der Waals surface area contributed by atoms with Gasteiger partial charge in [0.25, 0.3) is 0 Å². The molecule has 1 saturated heterocycles. The third kappa shape index (κ3) is 4.15. The van der Waals surface area contributed by atoms with E-state index in [-0.39, 0.29) is 12.0 Å². The maximum absolute atomic E-state index is 12.1. The van der Waals surface area contributed by atoms with Crippen molar-refractivity contribution in [1.82, 2.24) is 4.90 Å². The molecule has 0 aliphatic carbocycles. The fourth-order valence-electron chi connectivity index (χ4n) is 2.32. The van der Waals surface area contributed by atoms with E-state index in [0.29, 0.717) is 5.92 Å². The topological polar surface area (TPSA) is 29.5 Å². The van der Waals surface area contributed by atoms with Gasteiger partial charge >= 0.3 is 5.97 Å². The monoisotopic (exact) mass is 239 g/mol. The van der Waals surface area contributed by atoms with Crippen molar-refractivity contribution in [2.75, 3.05) is 13.1 Å². The second-order valence-electron chi connectivity index (χ2n) is 5.66. The Bertz CT molecular complexity index is 291. The van der Waals surface area contributed by atoms with Crippen LogP contribution >= 0.6 is 0 Å². The molecule has 2 atom stereocenters. The number of esters is 1. The zero-order chi connectivity index (χ0) is 13.1. The van der Waals surface area contributed by atoms with Gasteiger partial charge in [-0.05, 0) is 46.6 Å². The van der Waals surface area contributed by atoms with Gasteiger partial charge in [0, 0.05) is 6.54 Å². The molecule has 1 rings (SSSR count). The van der Waals surface area contributed by atoms with E-state index < -0.39 is 5.60 Å². The predicted octanol–water partition coefficient (Wildman–Crippen LogP) is 2.61. The van der Waals surface area contributed by atoms with Crippen LogP contribution in [0.4, 0.5) is 0 Å². The number of likely N-dealkylation sites (tertiary alicyclic amines) is 1. The summed E-state index contributed by atoms with van der Waals surface area (Å²) in [6.07, 6.45) is 5.14. The third-order valence-electron chi connectivity index (χ3n) is 2.99. The van der Waals surface area contributed by atoms with Gasteiger partial charge in [-0.25, -0.2) is 0 Å². The summed E-state index contributed by atoms with van der Waals surface area (Å²) in [7, 11) is 0. The van der Waals surface area contributed by atoms with Crippen molar-refractivity contribution in [2.45, 2.75) is 52.7 Å². The van der Waals surface area contributed by atoms with Crippen LogP contribution in [0.25, 0.3) is 0 Å². The summed E-state index contributed by atoms with van der Waals surface area (Å²) < 4.78 is 5.48. The number of carbonyl (C=O) groups excluding carboxylic acids is 1. The highest BCUT2D eigenvalue weighted by molar-refractivity contribution is 5.76. The summed E-state index contributed by atoms with van der Waals surface area (Å²) in [6, 6.07) is -0.0691. The van der Waals surface area contributed by atoms with Gasteiger partial charge < -0.3 is 4.74 Å². The fourth-order valence-corrected chi connectivity index (χ4v) is 2.32. The van der Waals surface area contributed by atoms with Gasteiger partial charge in [0.05, 0.1) is 0 Å². The van der Waals surface area contributed by atoms with Crippen LogP contribution < -0.4 is 0 Å². The van der Waals surface area contributed by atoms with Crippen LogP contribution in [0.2, 0.25) is 0 Å². The molecule has 3 nitrogen and oxygen atoms in total. The van der Waals surface area contributed by atoms with Crippen LogP contribution in [-0.4, -0.2) is 35.6 Å². The lowest BCUT2D eigenvalue weighted by atomic mass is 10.1. The van der Waals surface area contributed by atoms with Crippen molar-refractivity contribution in [3.8, 4) is 0 Å². The minimum atomic E-state index is -0.394. The minimum Gasteiger partial charge on any atom is -0.459 e. The zero-order valence-electron chi connectivity index (χ0n) is 11.7. The lowest BCUT2D eigenvalue weighted by molar-refractivity contribution is -0.160. The molecule has 0 bridgehead atoms. The largest absolute Gasteiger partial charge is 0.459 e. The highest BCUT2D eigenvalue weighted by Gasteiger charge is 2.37. The van der Waals surface area contributed by atoms with Crippen LogP contribution in [0.5, 0.6) is 0 Å². The molecule has 17 heavy (non-hydrogen) atoms. The van der Waals surface area contributed by atoms with Gasteiger partial charge in [-0.2, -0.15) is 0 Å². The zero-order valence-corrected chi connectivity index (χ0v) is 11.7. The number of hydrogen-bond acceptors (Lipinski definition) is 3. The number of rotatable bonds is 3. The molecule has 0 unspecified atom stereocenters. The number of carbonyl (C=O) groups is 1. The van der Waals surface area contributed by atoms with Crippen molar-refractivity contribution >= 4 is 5.97 Å². The van der Waals surface area contributed by atoms with Gasteiger partial charge in [0.15, 0.2) is 0 Å². The predicted molar refractivity (Wildman–Crippen MR) is 69.8 cm³/mol. The van der Waals surface area contributed by atoms with Gasteiger partial charge in [-0.3, -0.25) is 9.69 Å². The van der Waals surface area contributed by atoms with Crippen molar-refractivity contribution < 1.29 is 9.53 Å². The molecular weight excluding hydrogens is 214 g/mol. The Kier molecular flexibility index (Phi) is 4.75. The molecule has 0 aromatic carbocycles. The van der Waals surface area contributed by atoms with E-state index in [1.54, 1.807) is 0 Å². The van der Waals surface area contributed by atoms with Crippen LogP contribution in [0.3, 0.4) is 0 Å². The Morgan fingerprint density at radius 1 is 1.47 bits per heavy atom. The molecule has 0 N–H and O–H groups in total. The second-order valence-corrected chi connectivity index (χ2v) is 5.66. The first-order chi connectivity index (χ1) is 7.87. The maximum Gasteiger partial charge on any atom is 0.323 e. The van der Waals surface area contributed by atoms with E-state index in [9.17, 15) is 4.79 Å². The quantitative estimate of drug-likeness (QED) is 0.560. The lowest BCUT2D eigenvalue weighted by Gasteiger charge is -2.26. The molecule has 1 aliphatic rings. The first-order valence-corrected chi connectivity index (χ1v) is 6.47. The van der Waals surface area contributed by atoms with E-state index in [2.05, 4.69) is 24.0 Å². The van der Waals surface area contributed by atoms with Crippen molar-refractivity contribution in [2.24, 2.45) is 5.92 Å². The number of allylic oxidation sites excluding steroid dienone is 1. The van der Waals surface area contributed by atoms with Gasteiger partial charge in [-0.1, -0.05) is 19.1 Å². The molecule has 0 saturated carbocycles. The molecule has 0 aromatic heterocycles. The first kappa shape index (κ1) is 14.2. The van der Waals surface area contributed by atoms with E-state index in [4.69, 9.17) is 4.74 Å². The summed E-state index contributed by atoms with van der Waals surface area (Å²) in [4.78, 5) is 14.3. The van der Waals surface area contributed by atoms with E-state index >= 15 is 0 Å². The number of ether oxygens (including phenoxy) is 1. The summed E-state index contributed by atoms with van der Waals surface area (Å²) in [5, 5.41) is 0. The lowest BCUT2D eigenvalue weighted by Crippen LogP contribution is -2.40. The normalized spacial score (nSPS) is 26.6. The molecule has 1 aliphatic heterocycles. The van der Waals surface area contributed by atoms with E-state index in [1.807, 2.05) is 27.7 Å². The Labute approximate surface area is 105 Å². The molecule has 0 aromatic rings. The average Bonchev–Trinajstić information content (AvgIpc) is 2.59. The first-order valence-electron chi connectivity index (χ1n) is 6.47. The number of hydrogen-bond donors (Lipinski definition) is 0. The second kappa shape index (κ2) is 5.67. The van der Waals surface area contributed by atoms with Gasteiger partial charge in [0.1, 0.15) is 11.6 Å². The SMILES string of the molecule is CC=C[C@@H]1C[C@H](C(=O)OC(C)(C)C)N(CC)C1. The smallest absolute Gasteiger partial charge is 0.323 e. The molecule has 1 heterocycles. The van der Waals surface area contributed by atoms with Crippen molar-refractivity contribution in [3.05, 3.63) is 12.2 Å². The van der Waals surface area contributed by atoms with Crippen LogP contribution in [0.1, 0.15) is 41.0 Å². The summed E-state index contributed by atoms with van der Waals surface area (Å²) in [5.74, 6) is 0.406. The molecular formula is C14H25NO2. The van der Waals surface area contributed by atoms with E-state index in [0.717, 1.165) is 19.5 Å². The van der Waals surface area contributed by atoms with Crippen molar-refractivity contribution in [1.29, 1.82) is 0 Å². The average molecular weight is 239 g/mol. The molecule has 3 heteroatoms. The Balaban J connectivity index is 2.65. The minimum absolute atomic E-state index is 0.0691. The summed E-state index contributed by atoms with van der Waals surface area (Å²) in [5.41, 5.74) is -0.394. The van der Waals surface area contributed by atoms with Crippen LogP contribution in [-0.2, 0) is 9.53 Å². The molecule has 0 radical (unpaired) electrons.